The predicted molar refractivity (Wildman–Crippen MR) is 154 cm³/mol. The second-order valence-corrected chi connectivity index (χ2v) is 12.5. The van der Waals surface area contributed by atoms with E-state index in [1.807, 2.05) is 49.4 Å². The van der Waals surface area contributed by atoms with Crippen molar-refractivity contribution in [2.24, 2.45) is 0 Å². The van der Waals surface area contributed by atoms with Crippen LogP contribution in [-0.4, -0.2) is 56.6 Å². The van der Waals surface area contributed by atoms with Crippen LogP contribution in [0.3, 0.4) is 0 Å². The molecule has 2 amide bonds. The SMILES string of the molecule is CC[C@H](C(=O)NC1CCCCC1)N(CCc1ccccc1)C(=O)CN(c1ccc(C(C)C)cc1)S(C)(=O)=O. The Morgan fingerprint density at radius 3 is 2.16 bits per heavy atom. The molecule has 1 atom stereocenters. The molecule has 1 fully saturated rings. The van der Waals surface area contributed by atoms with Crippen molar-refractivity contribution in [1.29, 1.82) is 0 Å². The van der Waals surface area contributed by atoms with E-state index >= 15 is 0 Å². The summed E-state index contributed by atoms with van der Waals surface area (Å²) >= 11 is 0. The standard InChI is InChI=1S/C30H43N3O4S/c1-5-28(30(35)31-26-14-10-7-11-15-26)32(21-20-24-12-8-6-9-13-24)29(34)22-33(38(4,36)37)27-18-16-25(17-19-27)23(2)3/h6,8-9,12-13,16-19,23,26,28H,5,7,10-11,14-15,20-22H2,1-4H3,(H,31,35)/t28-/m1/s1. The molecule has 0 heterocycles. The Kier molecular flexibility index (Phi) is 10.8. The summed E-state index contributed by atoms with van der Waals surface area (Å²) in [5.74, 6) is -0.239. The van der Waals surface area contributed by atoms with Crippen molar-refractivity contribution >= 4 is 27.5 Å². The first-order valence-corrected chi connectivity index (χ1v) is 15.7. The largest absolute Gasteiger partial charge is 0.352 e. The van der Waals surface area contributed by atoms with Crippen LogP contribution in [0.25, 0.3) is 0 Å². The minimum Gasteiger partial charge on any atom is -0.352 e. The molecule has 7 nitrogen and oxygen atoms in total. The van der Waals surface area contributed by atoms with Crippen LogP contribution in [0.15, 0.2) is 54.6 Å². The zero-order valence-electron chi connectivity index (χ0n) is 23.2. The van der Waals surface area contributed by atoms with Gasteiger partial charge in [-0.05, 0) is 54.9 Å². The van der Waals surface area contributed by atoms with E-state index < -0.39 is 16.1 Å². The molecule has 1 aliphatic carbocycles. The zero-order valence-corrected chi connectivity index (χ0v) is 24.0. The Morgan fingerprint density at radius 1 is 0.974 bits per heavy atom. The Balaban J connectivity index is 1.85. The number of anilines is 1. The molecule has 3 rings (SSSR count). The molecule has 1 saturated carbocycles. The van der Waals surface area contributed by atoms with Crippen molar-refractivity contribution in [2.45, 2.75) is 83.7 Å². The molecule has 8 heteroatoms. The number of hydrogen-bond donors (Lipinski definition) is 1. The lowest BCUT2D eigenvalue weighted by molar-refractivity contribution is -0.140. The van der Waals surface area contributed by atoms with E-state index in [1.165, 1.54) is 6.42 Å². The molecule has 208 valence electrons. The van der Waals surface area contributed by atoms with E-state index in [0.717, 1.165) is 47.4 Å². The zero-order chi connectivity index (χ0) is 27.7. The lowest BCUT2D eigenvalue weighted by Gasteiger charge is -2.34. The Hall–Kier alpha value is -2.87. The lowest BCUT2D eigenvalue weighted by atomic mass is 9.95. The maximum atomic E-state index is 13.8. The molecule has 0 aromatic heterocycles. The summed E-state index contributed by atoms with van der Waals surface area (Å²) < 4.78 is 26.7. The molecular weight excluding hydrogens is 498 g/mol. The second-order valence-electron chi connectivity index (χ2n) is 10.6. The van der Waals surface area contributed by atoms with Crippen LogP contribution in [0.1, 0.15) is 76.3 Å². The summed E-state index contributed by atoms with van der Waals surface area (Å²) in [6.07, 6.45) is 7.41. The third kappa shape index (κ3) is 8.32. The molecule has 2 aromatic carbocycles. The highest BCUT2D eigenvalue weighted by Gasteiger charge is 2.32. The van der Waals surface area contributed by atoms with E-state index in [4.69, 9.17) is 0 Å². The van der Waals surface area contributed by atoms with Gasteiger partial charge in [0.1, 0.15) is 12.6 Å². The lowest BCUT2D eigenvalue weighted by Crippen LogP contribution is -2.54. The molecule has 2 aromatic rings. The van der Waals surface area contributed by atoms with E-state index in [2.05, 4.69) is 19.2 Å². The van der Waals surface area contributed by atoms with E-state index in [9.17, 15) is 18.0 Å². The van der Waals surface area contributed by atoms with Crippen LogP contribution in [0.4, 0.5) is 5.69 Å². The van der Waals surface area contributed by atoms with E-state index in [0.29, 0.717) is 31.0 Å². The third-order valence-electron chi connectivity index (χ3n) is 7.35. The summed E-state index contributed by atoms with van der Waals surface area (Å²) in [5.41, 5.74) is 2.58. The molecule has 38 heavy (non-hydrogen) atoms. The number of carbonyl (C=O) groups excluding carboxylic acids is 2. The van der Waals surface area contributed by atoms with Gasteiger partial charge in [0, 0.05) is 12.6 Å². The fourth-order valence-electron chi connectivity index (χ4n) is 5.08. The van der Waals surface area contributed by atoms with Gasteiger partial charge < -0.3 is 10.2 Å². The van der Waals surface area contributed by atoms with Crippen molar-refractivity contribution in [2.75, 3.05) is 23.7 Å². The molecule has 0 saturated heterocycles. The predicted octanol–water partition coefficient (Wildman–Crippen LogP) is 4.87. The number of nitrogens with one attached hydrogen (secondary N) is 1. The maximum absolute atomic E-state index is 13.8. The highest BCUT2D eigenvalue weighted by molar-refractivity contribution is 7.92. The fraction of sp³-hybridized carbons (Fsp3) is 0.533. The quantitative estimate of drug-likeness (QED) is 0.415. The van der Waals surface area contributed by atoms with Crippen LogP contribution in [0.2, 0.25) is 0 Å². The molecular formula is C30H43N3O4S. The van der Waals surface area contributed by atoms with Crippen molar-refractivity contribution < 1.29 is 18.0 Å². The van der Waals surface area contributed by atoms with E-state index in [1.54, 1.807) is 17.0 Å². The minimum atomic E-state index is -3.74. The van der Waals surface area contributed by atoms with Crippen molar-refractivity contribution in [3.63, 3.8) is 0 Å². The number of nitrogens with zero attached hydrogens (tertiary/aromatic N) is 2. The van der Waals surface area contributed by atoms with Gasteiger partial charge in [0.15, 0.2) is 0 Å². The Labute approximate surface area is 228 Å². The molecule has 0 radical (unpaired) electrons. The van der Waals surface area contributed by atoms with Gasteiger partial charge in [0.25, 0.3) is 0 Å². The first-order chi connectivity index (χ1) is 18.1. The van der Waals surface area contributed by atoms with Crippen LogP contribution < -0.4 is 9.62 Å². The van der Waals surface area contributed by atoms with Gasteiger partial charge in [0.2, 0.25) is 21.8 Å². The Morgan fingerprint density at radius 2 is 1.61 bits per heavy atom. The molecule has 0 spiro atoms. The van der Waals surface area contributed by atoms with Crippen molar-refractivity contribution in [3.05, 3.63) is 65.7 Å². The number of carbonyl (C=O) groups is 2. The number of hydrogen-bond acceptors (Lipinski definition) is 4. The average Bonchev–Trinajstić information content (AvgIpc) is 2.90. The summed E-state index contributed by atoms with van der Waals surface area (Å²) in [6.45, 7) is 6.00. The fourth-order valence-corrected chi connectivity index (χ4v) is 5.93. The molecule has 0 unspecified atom stereocenters. The highest BCUT2D eigenvalue weighted by atomic mass is 32.2. The number of benzene rings is 2. The Bertz CT molecular complexity index is 1140. The summed E-state index contributed by atoms with van der Waals surface area (Å²) in [7, 11) is -3.74. The van der Waals surface area contributed by atoms with E-state index in [-0.39, 0.29) is 24.4 Å². The van der Waals surface area contributed by atoms with Crippen LogP contribution in [0, 0.1) is 0 Å². The maximum Gasteiger partial charge on any atom is 0.244 e. The van der Waals surface area contributed by atoms with Crippen LogP contribution >= 0.6 is 0 Å². The topological polar surface area (TPSA) is 86.8 Å². The van der Waals surface area contributed by atoms with Gasteiger partial charge in [-0.15, -0.1) is 0 Å². The number of amides is 2. The van der Waals surface area contributed by atoms with Crippen LogP contribution in [0.5, 0.6) is 0 Å². The molecule has 1 aliphatic rings. The molecule has 0 aliphatic heterocycles. The van der Waals surface area contributed by atoms with Crippen molar-refractivity contribution in [1.82, 2.24) is 10.2 Å². The van der Waals surface area contributed by atoms with Gasteiger partial charge in [0.05, 0.1) is 11.9 Å². The molecule has 0 bridgehead atoms. The van der Waals surface area contributed by atoms with Crippen LogP contribution in [-0.2, 0) is 26.0 Å². The first kappa shape index (κ1) is 29.7. The summed E-state index contributed by atoms with van der Waals surface area (Å²) in [4.78, 5) is 28.8. The second kappa shape index (κ2) is 13.8. The molecule has 1 N–H and O–H groups in total. The van der Waals surface area contributed by atoms with Crippen molar-refractivity contribution in [3.8, 4) is 0 Å². The number of rotatable bonds is 12. The van der Waals surface area contributed by atoms with Gasteiger partial charge in [-0.2, -0.15) is 0 Å². The highest BCUT2D eigenvalue weighted by Crippen LogP contribution is 2.23. The van der Waals surface area contributed by atoms with Gasteiger partial charge >= 0.3 is 0 Å². The third-order valence-corrected chi connectivity index (χ3v) is 8.49. The normalized spacial score (nSPS) is 15.2. The number of sulfonamides is 1. The summed E-state index contributed by atoms with van der Waals surface area (Å²) in [6, 6.07) is 16.5. The van der Waals surface area contributed by atoms with Gasteiger partial charge in [-0.25, -0.2) is 8.42 Å². The average molecular weight is 542 g/mol. The summed E-state index contributed by atoms with van der Waals surface area (Å²) in [5, 5.41) is 3.17. The minimum absolute atomic E-state index is 0.128. The van der Waals surface area contributed by atoms with Gasteiger partial charge in [-0.1, -0.05) is 82.5 Å². The smallest absolute Gasteiger partial charge is 0.244 e. The monoisotopic (exact) mass is 541 g/mol. The first-order valence-electron chi connectivity index (χ1n) is 13.8. The van der Waals surface area contributed by atoms with Gasteiger partial charge in [-0.3, -0.25) is 13.9 Å².